The summed E-state index contributed by atoms with van der Waals surface area (Å²) in [6, 6.07) is 0. The molecule has 62 valence electrons. The fourth-order valence-corrected chi connectivity index (χ4v) is 2.94. The Morgan fingerprint density at radius 1 is 1.30 bits per heavy atom. The maximum absolute atomic E-state index is 11.4. The van der Waals surface area contributed by atoms with Gasteiger partial charge in [-0.2, -0.15) is 0 Å². The summed E-state index contributed by atoms with van der Waals surface area (Å²) >= 11 is 1.38. The summed E-state index contributed by atoms with van der Waals surface area (Å²) in [5, 5.41) is 0. The average Bonchev–Trinajstić information content (AvgIpc) is 1.89. The van der Waals surface area contributed by atoms with E-state index in [1.165, 1.54) is 16.9 Å². The van der Waals surface area contributed by atoms with Crippen molar-refractivity contribution in [2.24, 2.45) is 0 Å². The summed E-state index contributed by atoms with van der Waals surface area (Å²) < 4.78 is 21.3. The van der Waals surface area contributed by atoms with Gasteiger partial charge in [-0.25, -0.2) is 0 Å². The average molecular weight is 228 g/mol. The van der Waals surface area contributed by atoms with Gasteiger partial charge in [0.1, 0.15) is 0 Å². The molecule has 0 N–H and O–H groups in total. The molecule has 0 bridgehead atoms. The number of hydrogen-bond donors (Lipinski definition) is 0. The predicted molar refractivity (Wildman–Crippen MR) is 44.3 cm³/mol. The molecule has 0 fully saturated rings. The normalized spacial score (nSPS) is 11.9. The summed E-state index contributed by atoms with van der Waals surface area (Å²) in [5.41, 5.74) is 0. The van der Waals surface area contributed by atoms with Gasteiger partial charge in [0.25, 0.3) is 0 Å². The van der Waals surface area contributed by atoms with Crippen molar-refractivity contribution in [3.05, 3.63) is 0 Å². The van der Waals surface area contributed by atoms with Crippen LogP contribution in [0.3, 0.4) is 0 Å². The van der Waals surface area contributed by atoms with E-state index in [9.17, 15) is 4.57 Å². The van der Waals surface area contributed by atoms with Gasteiger partial charge in [0.15, 0.2) is 0 Å². The van der Waals surface area contributed by atoms with Crippen molar-refractivity contribution in [2.75, 3.05) is 18.2 Å². The molecule has 0 heterocycles. The molecule has 1 unspecified atom stereocenters. The van der Waals surface area contributed by atoms with Crippen molar-refractivity contribution in [1.82, 2.24) is 0 Å². The third kappa shape index (κ3) is 3.77. The van der Waals surface area contributed by atoms with E-state index in [2.05, 4.69) is 0 Å². The first-order valence-electron chi connectivity index (χ1n) is 3.26. The zero-order valence-electron chi connectivity index (χ0n) is 6.37. The van der Waals surface area contributed by atoms with Gasteiger partial charge in [0.05, 0.1) is 0 Å². The van der Waals surface area contributed by atoms with Gasteiger partial charge >= 0.3 is 70.1 Å². The van der Waals surface area contributed by atoms with E-state index in [0.717, 1.165) is 0 Å². The van der Waals surface area contributed by atoms with Crippen LogP contribution in [0.5, 0.6) is 0 Å². The van der Waals surface area contributed by atoms with Crippen molar-refractivity contribution < 1.29 is 13.6 Å². The Morgan fingerprint density at radius 3 is 1.90 bits per heavy atom. The van der Waals surface area contributed by atoms with E-state index in [-0.39, 0.29) is 0 Å². The van der Waals surface area contributed by atoms with Crippen LogP contribution in [0.4, 0.5) is 0 Å². The molecule has 0 saturated carbocycles. The molecular formula is C5H14AsO3P. The van der Waals surface area contributed by atoms with Crippen LogP contribution in [0, 0.1) is 0 Å². The Bertz CT molecular complexity index is 118. The van der Waals surface area contributed by atoms with E-state index in [0.29, 0.717) is 18.2 Å². The molecule has 0 aromatic rings. The van der Waals surface area contributed by atoms with Gasteiger partial charge in [-0.1, -0.05) is 0 Å². The van der Waals surface area contributed by atoms with Crippen LogP contribution in [0.2, 0.25) is 0 Å². The minimum absolute atomic E-state index is 0.460. The summed E-state index contributed by atoms with van der Waals surface area (Å²) in [6.07, 6.45) is 0. The van der Waals surface area contributed by atoms with Crippen LogP contribution < -0.4 is 0 Å². The summed E-state index contributed by atoms with van der Waals surface area (Å²) in [4.78, 5) is 0.516. The molecule has 0 radical (unpaired) electrons. The molecular weight excluding hydrogens is 214 g/mol. The summed E-state index contributed by atoms with van der Waals surface area (Å²) in [6.45, 7) is 4.55. The second-order valence-electron chi connectivity index (χ2n) is 1.63. The molecule has 0 saturated heterocycles. The van der Waals surface area contributed by atoms with Crippen LogP contribution in [-0.4, -0.2) is 35.0 Å². The van der Waals surface area contributed by atoms with Crippen molar-refractivity contribution >= 4 is 24.4 Å². The predicted octanol–water partition coefficient (Wildman–Crippen LogP) is 0.843. The fraction of sp³-hybridized carbons (Fsp3) is 1.00. The zero-order valence-corrected chi connectivity index (χ0v) is 9.69. The van der Waals surface area contributed by atoms with Crippen LogP contribution in [-0.2, 0) is 13.6 Å². The summed E-state index contributed by atoms with van der Waals surface area (Å²) in [7, 11) is -2.67. The van der Waals surface area contributed by atoms with Crippen LogP contribution in [0.15, 0.2) is 0 Å². The SMILES string of the molecule is CCOP(=O)(C[AsH2])OCC. The van der Waals surface area contributed by atoms with Gasteiger partial charge in [0, 0.05) is 0 Å². The van der Waals surface area contributed by atoms with E-state index in [1.54, 1.807) is 0 Å². The maximum atomic E-state index is 11.4. The molecule has 0 rings (SSSR count). The van der Waals surface area contributed by atoms with Crippen molar-refractivity contribution in [1.29, 1.82) is 0 Å². The van der Waals surface area contributed by atoms with Crippen LogP contribution >= 0.6 is 7.60 Å². The van der Waals surface area contributed by atoms with E-state index in [4.69, 9.17) is 9.05 Å². The molecule has 0 aliphatic heterocycles. The molecule has 0 spiro atoms. The first kappa shape index (κ1) is 10.7. The topological polar surface area (TPSA) is 35.5 Å². The number of hydrogen-bond acceptors (Lipinski definition) is 3. The first-order valence-corrected chi connectivity index (χ1v) is 6.70. The zero-order chi connectivity index (χ0) is 8.04. The van der Waals surface area contributed by atoms with E-state index < -0.39 is 7.60 Å². The fourth-order valence-electron chi connectivity index (χ4n) is 0.536. The Labute approximate surface area is 70.5 Å². The molecule has 10 heavy (non-hydrogen) atoms. The molecule has 0 aliphatic rings. The Morgan fingerprint density at radius 2 is 1.70 bits per heavy atom. The molecule has 1 atom stereocenters. The second kappa shape index (κ2) is 5.37. The molecule has 0 aliphatic carbocycles. The van der Waals surface area contributed by atoms with Gasteiger partial charge in [-0.3, -0.25) is 0 Å². The quantitative estimate of drug-likeness (QED) is 0.516. The molecule has 0 aromatic heterocycles. The van der Waals surface area contributed by atoms with Crippen molar-refractivity contribution in [3.63, 3.8) is 0 Å². The summed E-state index contributed by atoms with van der Waals surface area (Å²) in [5.74, 6) is 0. The molecule has 0 aromatic carbocycles. The minimum atomic E-state index is -2.67. The van der Waals surface area contributed by atoms with Crippen molar-refractivity contribution in [3.8, 4) is 0 Å². The molecule has 0 amide bonds. The van der Waals surface area contributed by atoms with Gasteiger partial charge in [0.2, 0.25) is 0 Å². The first-order chi connectivity index (χ1) is 4.68. The van der Waals surface area contributed by atoms with Crippen LogP contribution in [0.1, 0.15) is 13.8 Å². The number of rotatable bonds is 5. The van der Waals surface area contributed by atoms with Crippen molar-refractivity contribution in [2.45, 2.75) is 13.8 Å². The van der Waals surface area contributed by atoms with E-state index >= 15 is 0 Å². The third-order valence-electron chi connectivity index (χ3n) is 0.875. The Hall–Kier alpha value is 0.708. The van der Waals surface area contributed by atoms with Gasteiger partial charge in [-0.05, 0) is 0 Å². The van der Waals surface area contributed by atoms with Gasteiger partial charge < -0.3 is 0 Å². The van der Waals surface area contributed by atoms with Crippen LogP contribution in [0.25, 0.3) is 0 Å². The van der Waals surface area contributed by atoms with E-state index in [1.807, 2.05) is 13.8 Å². The third-order valence-corrected chi connectivity index (χ3v) is 5.44. The molecule has 3 nitrogen and oxygen atoms in total. The second-order valence-corrected chi connectivity index (χ2v) is 6.03. The Kier molecular flexibility index (Phi) is 5.75. The standard InChI is InChI=1S/C5H14AsO3P/c1-3-8-10(7,5-6)9-4-2/h3-6H2,1-2H3. The monoisotopic (exact) mass is 228 g/mol. The Balaban J connectivity index is 3.83. The molecule has 5 heteroatoms. The van der Waals surface area contributed by atoms with Gasteiger partial charge in [-0.15, -0.1) is 0 Å².